The molecular formula is C24H25F3N4O4. The lowest BCUT2D eigenvalue weighted by atomic mass is 10.0. The molecule has 3 aromatic rings. The van der Waals surface area contributed by atoms with Gasteiger partial charge in [-0.05, 0) is 55.5 Å². The minimum Gasteiger partial charge on any atom is -0.475 e. The summed E-state index contributed by atoms with van der Waals surface area (Å²) in [7, 11) is 0. The highest BCUT2D eigenvalue weighted by atomic mass is 19.4. The Morgan fingerprint density at radius 3 is 2.37 bits per heavy atom. The van der Waals surface area contributed by atoms with Crippen LogP contribution in [-0.4, -0.2) is 39.3 Å². The molecule has 0 unspecified atom stereocenters. The van der Waals surface area contributed by atoms with Gasteiger partial charge in [-0.1, -0.05) is 35.9 Å². The molecule has 2 aromatic carbocycles. The van der Waals surface area contributed by atoms with Gasteiger partial charge in [0.05, 0.1) is 12.6 Å². The number of amides is 2. The number of rotatable bonds is 7. The van der Waals surface area contributed by atoms with E-state index >= 15 is 0 Å². The standard InChI is InChI=1S/C22H24N4O2.C2HF3O2/c1-14-6-7-15(2)18(10-14)12-20(27)25-19-5-3-4-16(11-19)8-9-17-13-24-26-21(17)22(23)28;3-2(4,5)1(6)7/h3-7,10-11,13H,8-9,12H2,1-2H3,(H2,23,28)(H,24,26)(H,25,27);(H,6,7). The van der Waals surface area contributed by atoms with E-state index < -0.39 is 18.1 Å². The molecule has 1 heterocycles. The molecule has 0 aliphatic rings. The average Bonchev–Trinajstić information content (AvgIpc) is 3.24. The number of aryl methyl sites for hydroxylation is 4. The summed E-state index contributed by atoms with van der Waals surface area (Å²) in [6.07, 6.45) is -1.78. The number of aliphatic carboxylic acids is 1. The van der Waals surface area contributed by atoms with Crippen molar-refractivity contribution in [1.29, 1.82) is 0 Å². The van der Waals surface area contributed by atoms with E-state index in [1.54, 1.807) is 6.20 Å². The van der Waals surface area contributed by atoms with Crippen molar-refractivity contribution in [2.24, 2.45) is 5.73 Å². The lowest BCUT2D eigenvalue weighted by Gasteiger charge is -2.10. The molecular weight excluding hydrogens is 465 g/mol. The second-order valence-electron chi connectivity index (χ2n) is 7.79. The van der Waals surface area contributed by atoms with Crippen molar-refractivity contribution in [1.82, 2.24) is 10.2 Å². The minimum atomic E-state index is -5.08. The normalized spacial score (nSPS) is 10.8. The molecule has 0 aliphatic carbocycles. The molecule has 0 saturated heterocycles. The van der Waals surface area contributed by atoms with Gasteiger partial charge in [-0.3, -0.25) is 14.7 Å². The van der Waals surface area contributed by atoms with Crippen molar-refractivity contribution in [2.75, 3.05) is 5.32 Å². The van der Waals surface area contributed by atoms with Gasteiger partial charge < -0.3 is 16.2 Å². The first-order valence-corrected chi connectivity index (χ1v) is 10.4. The highest BCUT2D eigenvalue weighted by Gasteiger charge is 2.38. The Morgan fingerprint density at radius 2 is 1.74 bits per heavy atom. The quantitative estimate of drug-likeness (QED) is 0.400. The number of alkyl halides is 3. The fraction of sp³-hybridized carbons (Fsp3) is 0.250. The molecule has 0 radical (unpaired) electrons. The summed E-state index contributed by atoms with van der Waals surface area (Å²) in [5.74, 6) is -3.32. The van der Waals surface area contributed by atoms with Crippen molar-refractivity contribution >= 4 is 23.5 Å². The minimum absolute atomic E-state index is 0.0447. The van der Waals surface area contributed by atoms with Crippen LogP contribution in [0.4, 0.5) is 18.9 Å². The zero-order chi connectivity index (χ0) is 26.2. The first-order chi connectivity index (χ1) is 16.4. The summed E-state index contributed by atoms with van der Waals surface area (Å²) in [5, 5.41) is 16.6. The van der Waals surface area contributed by atoms with E-state index in [9.17, 15) is 22.8 Å². The third-order valence-electron chi connectivity index (χ3n) is 4.96. The number of anilines is 1. The van der Waals surface area contributed by atoms with Gasteiger partial charge >= 0.3 is 12.1 Å². The number of aromatic amines is 1. The number of carbonyl (C=O) groups excluding carboxylic acids is 2. The lowest BCUT2D eigenvalue weighted by molar-refractivity contribution is -0.192. The van der Waals surface area contributed by atoms with Crippen LogP contribution in [0.2, 0.25) is 0 Å². The molecule has 0 atom stereocenters. The number of aromatic nitrogens is 2. The number of nitrogens with two attached hydrogens (primary N) is 1. The molecule has 5 N–H and O–H groups in total. The molecule has 8 nitrogen and oxygen atoms in total. The van der Waals surface area contributed by atoms with E-state index in [1.807, 2.05) is 56.3 Å². The summed E-state index contributed by atoms with van der Waals surface area (Å²) >= 11 is 0. The number of carboxylic acid groups (broad SMARTS) is 1. The molecule has 0 saturated carbocycles. The monoisotopic (exact) mass is 490 g/mol. The highest BCUT2D eigenvalue weighted by molar-refractivity contribution is 5.93. The molecule has 2 amide bonds. The third-order valence-corrected chi connectivity index (χ3v) is 4.96. The zero-order valence-corrected chi connectivity index (χ0v) is 19.1. The van der Waals surface area contributed by atoms with Crippen LogP contribution in [0.25, 0.3) is 0 Å². The van der Waals surface area contributed by atoms with E-state index in [0.717, 1.165) is 33.5 Å². The topological polar surface area (TPSA) is 138 Å². The van der Waals surface area contributed by atoms with Gasteiger partial charge in [-0.2, -0.15) is 18.3 Å². The number of benzene rings is 2. The average molecular weight is 490 g/mol. The smallest absolute Gasteiger partial charge is 0.475 e. The molecule has 3 rings (SSSR count). The Labute approximate surface area is 199 Å². The molecule has 0 bridgehead atoms. The Bertz CT molecular complexity index is 1210. The van der Waals surface area contributed by atoms with E-state index in [2.05, 4.69) is 15.5 Å². The van der Waals surface area contributed by atoms with Crippen LogP contribution in [0.5, 0.6) is 0 Å². The fourth-order valence-corrected chi connectivity index (χ4v) is 3.17. The number of halogens is 3. The summed E-state index contributed by atoms with van der Waals surface area (Å²) in [4.78, 5) is 32.7. The van der Waals surface area contributed by atoms with E-state index in [-0.39, 0.29) is 5.91 Å². The Balaban J connectivity index is 0.000000540. The number of hydrogen-bond donors (Lipinski definition) is 4. The van der Waals surface area contributed by atoms with Gasteiger partial charge in [0, 0.05) is 11.3 Å². The Hall–Kier alpha value is -4.15. The van der Waals surface area contributed by atoms with Crippen molar-refractivity contribution in [3.63, 3.8) is 0 Å². The Kier molecular flexibility index (Phi) is 9.15. The maximum absolute atomic E-state index is 12.4. The fourth-order valence-electron chi connectivity index (χ4n) is 3.17. The molecule has 0 spiro atoms. The number of carbonyl (C=O) groups is 3. The van der Waals surface area contributed by atoms with Gasteiger partial charge in [0.2, 0.25) is 5.91 Å². The Morgan fingerprint density at radius 1 is 1.06 bits per heavy atom. The number of H-pyrrole nitrogens is 1. The number of nitrogens with zero attached hydrogens (tertiary/aromatic N) is 1. The predicted molar refractivity (Wildman–Crippen MR) is 123 cm³/mol. The summed E-state index contributed by atoms with van der Waals surface area (Å²) in [6, 6.07) is 13.9. The van der Waals surface area contributed by atoms with Crippen LogP contribution in [0.3, 0.4) is 0 Å². The predicted octanol–water partition coefficient (Wildman–Crippen LogP) is 3.73. The zero-order valence-electron chi connectivity index (χ0n) is 19.1. The maximum Gasteiger partial charge on any atom is 0.490 e. The lowest BCUT2D eigenvalue weighted by Crippen LogP contribution is -2.21. The summed E-state index contributed by atoms with van der Waals surface area (Å²) in [6.45, 7) is 4.03. The number of primary amides is 1. The third kappa shape index (κ3) is 8.61. The van der Waals surface area contributed by atoms with Crippen molar-refractivity contribution in [2.45, 2.75) is 39.3 Å². The largest absolute Gasteiger partial charge is 0.490 e. The number of nitrogens with one attached hydrogen (secondary N) is 2. The van der Waals surface area contributed by atoms with Crippen LogP contribution in [0.15, 0.2) is 48.7 Å². The number of hydrogen-bond acceptors (Lipinski definition) is 4. The first-order valence-electron chi connectivity index (χ1n) is 10.4. The van der Waals surface area contributed by atoms with Crippen LogP contribution < -0.4 is 11.1 Å². The van der Waals surface area contributed by atoms with Crippen molar-refractivity contribution < 1.29 is 32.7 Å². The first kappa shape index (κ1) is 27.1. The van der Waals surface area contributed by atoms with Gasteiger partial charge in [0.25, 0.3) is 5.91 Å². The molecule has 186 valence electrons. The second-order valence-corrected chi connectivity index (χ2v) is 7.79. The number of carboxylic acids is 1. The molecule has 0 aliphatic heterocycles. The van der Waals surface area contributed by atoms with Crippen molar-refractivity contribution in [3.05, 3.63) is 82.2 Å². The molecule has 1 aromatic heterocycles. The van der Waals surface area contributed by atoms with Crippen LogP contribution in [-0.2, 0) is 28.9 Å². The summed E-state index contributed by atoms with van der Waals surface area (Å²) < 4.78 is 31.7. The van der Waals surface area contributed by atoms with Gasteiger partial charge in [-0.15, -0.1) is 0 Å². The van der Waals surface area contributed by atoms with Crippen LogP contribution in [0, 0.1) is 13.8 Å². The molecule has 35 heavy (non-hydrogen) atoms. The van der Waals surface area contributed by atoms with Gasteiger partial charge in [-0.25, -0.2) is 4.79 Å². The maximum atomic E-state index is 12.4. The van der Waals surface area contributed by atoms with Crippen LogP contribution in [0.1, 0.15) is 38.3 Å². The van der Waals surface area contributed by atoms with Gasteiger partial charge in [0.1, 0.15) is 5.69 Å². The van der Waals surface area contributed by atoms with E-state index in [0.29, 0.717) is 25.0 Å². The van der Waals surface area contributed by atoms with Crippen molar-refractivity contribution in [3.8, 4) is 0 Å². The molecule has 0 fully saturated rings. The highest BCUT2D eigenvalue weighted by Crippen LogP contribution is 2.16. The van der Waals surface area contributed by atoms with Crippen LogP contribution >= 0.6 is 0 Å². The van der Waals surface area contributed by atoms with E-state index in [4.69, 9.17) is 15.6 Å². The van der Waals surface area contributed by atoms with Gasteiger partial charge in [0.15, 0.2) is 0 Å². The summed E-state index contributed by atoms with van der Waals surface area (Å²) in [5.41, 5.74) is 11.6. The second kappa shape index (κ2) is 11.8. The van der Waals surface area contributed by atoms with E-state index in [1.165, 1.54) is 0 Å². The SMILES string of the molecule is Cc1ccc(C)c(CC(=O)Nc2cccc(CCc3cn[nH]c3C(N)=O)c2)c1.O=C(O)C(F)(F)F. The molecule has 11 heteroatoms.